The zero-order valence-electron chi connectivity index (χ0n) is 20.3. The van der Waals surface area contributed by atoms with Crippen molar-refractivity contribution in [2.24, 2.45) is 5.73 Å². The van der Waals surface area contributed by atoms with Crippen LogP contribution in [-0.2, 0) is 4.74 Å². The Labute approximate surface area is 231 Å². The van der Waals surface area contributed by atoms with Gasteiger partial charge in [-0.15, -0.1) is 0 Å². The van der Waals surface area contributed by atoms with Gasteiger partial charge in [0.2, 0.25) is 0 Å². The van der Waals surface area contributed by atoms with Crippen molar-refractivity contribution in [2.75, 3.05) is 4.90 Å². The molecule has 11 nitrogen and oxygen atoms in total. The number of carbonyl (C=O) groups excluding carboxylic acids is 1. The molecule has 4 heterocycles. The third kappa shape index (κ3) is 4.00. The molecule has 2 fully saturated rings. The minimum atomic E-state index is -1.12. The van der Waals surface area contributed by atoms with Crippen molar-refractivity contribution in [1.29, 1.82) is 0 Å². The lowest BCUT2D eigenvalue weighted by Crippen LogP contribution is -2.68. The van der Waals surface area contributed by atoms with Crippen molar-refractivity contribution in [2.45, 2.75) is 49.2 Å². The second-order valence-corrected chi connectivity index (χ2v) is 10.7. The molecular formula is C26H23Cl2N5O6. The summed E-state index contributed by atoms with van der Waals surface area (Å²) in [5.74, 6) is -0.479. The van der Waals surface area contributed by atoms with Gasteiger partial charge in [0.1, 0.15) is 17.9 Å². The second kappa shape index (κ2) is 9.15. The molecule has 0 aliphatic carbocycles. The maximum absolute atomic E-state index is 12.4. The average Bonchev–Trinajstić information content (AvgIpc) is 3.48. The van der Waals surface area contributed by atoms with Crippen LogP contribution in [0.4, 0.5) is 5.69 Å². The summed E-state index contributed by atoms with van der Waals surface area (Å²) in [6.07, 6.45) is 5.20. The topological polar surface area (TPSA) is 153 Å². The van der Waals surface area contributed by atoms with E-state index in [2.05, 4.69) is 10.1 Å². The molecule has 2 saturated heterocycles. The molecule has 4 atom stereocenters. The van der Waals surface area contributed by atoms with Crippen LogP contribution < -0.4 is 26.6 Å². The van der Waals surface area contributed by atoms with E-state index in [-0.39, 0.29) is 33.5 Å². The highest BCUT2D eigenvalue weighted by atomic mass is 35.5. The van der Waals surface area contributed by atoms with Gasteiger partial charge in [-0.2, -0.15) is 9.78 Å². The third-order valence-electron chi connectivity index (χ3n) is 7.60. The fourth-order valence-corrected chi connectivity index (χ4v) is 6.58. The standard InChI is InChI=1S/C26H23Cl2N5O6/c27-16-10-14(33-24(37)31-20(34)12-30-33)11-17(28)21(16)39-26-8-6-19(22(35)25(13-26)7-3-9-38-25)32(26)18-5-2-1-4-15(18)23(29)36/h1-5,9-12,19,22,35H,6-8,13H2,(H2,29,36)(H,31,34,37). The summed E-state index contributed by atoms with van der Waals surface area (Å²) in [5.41, 5.74) is 3.27. The fraction of sp³-hybridized carbons (Fsp3) is 0.308. The number of nitrogens with two attached hydrogens (primary N) is 1. The number of primary amides is 1. The first kappa shape index (κ1) is 25.5. The number of hydrogen-bond acceptors (Lipinski definition) is 8. The number of ether oxygens (including phenoxy) is 2. The lowest BCUT2D eigenvalue weighted by atomic mass is 9.79. The van der Waals surface area contributed by atoms with E-state index < -0.39 is 40.6 Å². The number of rotatable bonds is 5. The van der Waals surface area contributed by atoms with E-state index in [1.807, 2.05) is 11.0 Å². The number of aromatic nitrogens is 3. The Morgan fingerprint density at radius 2 is 1.97 bits per heavy atom. The highest BCUT2D eigenvalue weighted by Gasteiger charge is 2.65. The zero-order valence-corrected chi connectivity index (χ0v) is 21.9. The molecule has 0 saturated carbocycles. The molecule has 6 rings (SSSR count). The Bertz CT molecular complexity index is 1610. The Morgan fingerprint density at radius 1 is 1.23 bits per heavy atom. The van der Waals surface area contributed by atoms with E-state index in [9.17, 15) is 19.5 Å². The largest absolute Gasteiger partial charge is 0.492 e. The van der Waals surface area contributed by atoms with Gasteiger partial charge in [0.25, 0.3) is 11.5 Å². The van der Waals surface area contributed by atoms with Crippen LogP contribution in [0.2, 0.25) is 10.0 Å². The van der Waals surface area contributed by atoms with Gasteiger partial charge in [-0.25, -0.2) is 4.79 Å². The smallest absolute Gasteiger partial charge is 0.349 e. The van der Waals surface area contributed by atoms with Gasteiger partial charge in [-0.05, 0) is 36.8 Å². The molecule has 13 heteroatoms. The summed E-state index contributed by atoms with van der Waals surface area (Å²) < 4.78 is 13.6. The summed E-state index contributed by atoms with van der Waals surface area (Å²) in [6.45, 7) is 0. The first-order chi connectivity index (χ1) is 18.6. The number of para-hydroxylation sites is 1. The van der Waals surface area contributed by atoms with E-state index in [1.54, 1.807) is 30.5 Å². The van der Waals surface area contributed by atoms with Crippen molar-refractivity contribution < 1.29 is 19.4 Å². The van der Waals surface area contributed by atoms with Crippen LogP contribution in [0.5, 0.6) is 5.75 Å². The van der Waals surface area contributed by atoms with E-state index in [4.69, 9.17) is 38.4 Å². The van der Waals surface area contributed by atoms with Crippen LogP contribution in [0.25, 0.3) is 5.69 Å². The summed E-state index contributed by atoms with van der Waals surface area (Å²) in [4.78, 5) is 40.1. The number of H-pyrrole nitrogens is 1. The summed E-state index contributed by atoms with van der Waals surface area (Å²) in [5, 5.41) is 15.5. The molecule has 4 N–H and O–H groups in total. The molecular weight excluding hydrogens is 549 g/mol. The van der Waals surface area contributed by atoms with E-state index in [1.165, 1.54) is 12.1 Å². The van der Waals surface area contributed by atoms with Gasteiger partial charge in [-0.3, -0.25) is 14.6 Å². The highest BCUT2D eigenvalue weighted by molar-refractivity contribution is 6.37. The molecule has 4 unspecified atom stereocenters. The van der Waals surface area contributed by atoms with Gasteiger partial charge in [0, 0.05) is 19.3 Å². The predicted molar refractivity (Wildman–Crippen MR) is 142 cm³/mol. The van der Waals surface area contributed by atoms with Crippen LogP contribution in [0.1, 0.15) is 36.0 Å². The summed E-state index contributed by atoms with van der Waals surface area (Å²) in [6, 6.07) is 9.31. The molecule has 2 bridgehead atoms. The number of carbonyl (C=O) groups is 1. The van der Waals surface area contributed by atoms with Gasteiger partial charge in [0.15, 0.2) is 11.5 Å². The number of aromatic amines is 1. The maximum Gasteiger partial charge on any atom is 0.349 e. The number of hydrogen-bond donors (Lipinski definition) is 3. The monoisotopic (exact) mass is 571 g/mol. The average molecular weight is 572 g/mol. The van der Waals surface area contributed by atoms with E-state index >= 15 is 0 Å². The summed E-state index contributed by atoms with van der Waals surface area (Å²) in [7, 11) is 0. The van der Waals surface area contributed by atoms with Crippen molar-refractivity contribution in [3.63, 3.8) is 0 Å². The van der Waals surface area contributed by atoms with Crippen LogP contribution in [0, 0.1) is 0 Å². The first-order valence-corrected chi connectivity index (χ1v) is 13.0. The molecule has 3 aromatic rings. The normalized spacial score (nSPS) is 27.1. The number of nitrogens with one attached hydrogen (secondary N) is 1. The molecule has 1 aromatic heterocycles. The molecule has 202 valence electrons. The summed E-state index contributed by atoms with van der Waals surface area (Å²) >= 11 is 13.3. The molecule has 2 aromatic carbocycles. The molecule has 39 heavy (non-hydrogen) atoms. The van der Waals surface area contributed by atoms with Crippen molar-refractivity contribution in [1.82, 2.24) is 14.8 Å². The second-order valence-electron chi connectivity index (χ2n) is 9.88. The van der Waals surface area contributed by atoms with Crippen molar-refractivity contribution in [3.05, 3.63) is 91.4 Å². The minimum Gasteiger partial charge on any atom is -0.492 e. The van der Waals surface area contributed by atoms with Crippen LogP contribution in [0.3, 0.4) is 0 Å². The minimum absolute atomic E-state index is 0.0870. The Morgan fingerprint density at radius 3 is 2.64 bits per heavy atom. The molecule has 0 radical (unpaired) electrons. The Hall–Kier alpha value is -3.80. The SMILES string of the molecule is NC(=O)c1ccccc1N1C2CCC1(Oc1c(Cl)cc(-n3ncc(=O)[nH]c3=O)cc1Cl)CC1(CC=CO1)C2O. The van der Waals surface area contributed by atoms with Gasteiger partial charge < -0.3 is 25.2 Å². The van der Waals surface area contributed by atoms with Gasteiger partial charge in [-0.1, -0.05) is 35.3 Å². The fourth-order valence-electron chi connectivity index (χ4n) is 6.02. The number of anilines is 1. The number of aliphatic hydroxyl groups excluding tert-OH is 1. The number of halogens is 2. The number of fused-ring (bicyclic) bond motifs is 2. The lowest BCUT2D eigenvalue weighted by molar-refractivity contribution is -0.136. The lowest BCUT2D eigenvalue weighted by Gasteiger charge is -2.54. The Kier molecular flexibility index (Phi) is 5.97. The molecule has 3 aliphatic heterocycles. The quantitative estimate of drug-likeness (QED) is 0.422. The number of amides is 1. The highest BCUT2D eigenvalue weighted by Crippen LogP contribution is 2.55. The zero-order chi connectivity index (χ0) is 27.5. The Balaban J connectivity index is 1.47. The number of nitrogens with zero attached hydrogens (tertiary/aromatic N) is 3. The molecule has 3 aliphatic rings. The van der Waals surface area contributed by atoms with Gasteiger partial charge in [0.05, 0.1) is 39.3 Å². The maximum atomic E-state index is 12.4. The number of aliphatic hydroxyl groups is 1. The van der Waals surface area contributed by atoms with Crippen LogP contribution in [-0.4, -0.2) is 49.3 Å². The molecule has 1 spiro atoms. The van der Waals surface area contributed by atoms with Crippen molar-refractivity contribution in [3.8, 4) is 11.4 Å². The van der Waals surface area contributed by atoms with Crippen LogP contribution >= 0.6 is 23.2 Å². The van der Waals surface area contributed by atoms with Gasteiger partial charge >= 0.3 is 5.69 Å². The van der Waals surface area contributed by atoms with E-state index in [0.29, 0.717) is 24.9 Å². The third-order valence-corrected chi connectivity index (χ3v) is 8.17. The first-order valence-electron chi connectivity index (χ1n) is 12.2. The number of benzene rings is 2. The number of piperidine rings is 1. The van der Waals surface area contributed by atoms with Crippen LogP contribution in [0.15, 0.2) is 64.5 Å². The van der Waals surface area contributed by atoms with E-state index in [0.717, 1.165) is 10.9 Å². The predicted octanol–water partition coefficient (Wildman–Crippen LogP) is 2.51. The van der Waals surface area contributed by atoms with Crippen molar-refractivity contribution >= 4 is 34.8 Å². The molecule has 1 amide bonds.